The van der Waals surface area contributed by atoms with Gasteiger partial charge in [-0.1, -0.05) is 12.1 Å². The Labute approximate surface area is 125 Å². The van der Waals surface area contributed by atoms with Gasteiger partial charge in [-0.3, -0.25) is 4.90 Å². The number of anilines is 2. The molecule has 3 rings (SSSR count). The zero-order valence-electron chi connectivity index (χ0n) is 12.9. The van der Waals surface area contributed by atoms with Gasteiger partial charge < -0.3 is 15.0 Å². The number of carbonyl (C=O) groups excluding carboxylic acids is 1. The van der Waals surface area contributed by atoms with Gasteiger partial charge in [0.25, 0.3) is 0 Å². The molecule has 1 saturated heterocycles. The highest BCUT2D eigenvalue weighted by Crippen LogP contribution is 2.36. The van der Waals surface area contributed by atoms with Crippen LogP contribution in [0.4, 0.5) is 16.2 Å². The van der Waals surface area contributed by atoms with Crippen molar-refractivity contribution in [3.63, 3.8) is 0 Å². The van der Waals surface area contributed by atoms with Crippen LogP contribution in [0, 0.1) is 0 Å². The van der Waals surface area contributed by atoms with E-state index in [1.54, 1.807) is 4.90 Å². The zero-order valence-corrected chi connectivity index (χ0v) is 12.9. The third-order valence-corrected chi connectivity index (χ3v) is 3.84. The lowest BCUT2D eigenvalue weighted by atomic mass is 10.1. The monoisotopic (exact) mass is 289 g/mol. The van der Waals surface area contributed by atoms with Crippen LogP contribution in [0.15, 0.2) is 24.3 Å². The molecule has 2 aliphatic rings. The first-order valence-corrected chi connectivity index (χ1v) is 7.52. The molecule has 5 heteroatoms. The topological polar surface area (TPSA) is 44.8 Å². The lowest BCUT2D eigenvalue weighted by Gasteiger charge is -2.46. The standard InChI is InChI=1S/C16H23N3O2/c1-16(2,3)21-15(20)19-11-12-10-17-8-9-18(12)13-6-4-5-7-14(13)19/h4-7,12,17H,8-11H2,1-3H3. The van der Waals surface area contributed by atoms with Crippen LogP contribution >= 0.6 is 0 Å². The number of carbonyl (C=O) groups is 1. The predicted molar refractivity (Wildman–Crippen MR) is 84.0 cm³/mol. The number of para-hydroxylation sites is 2. The minimum Gasteiger partial charge on any atom is -0.443 e. The number of piperazine rings is 1. The summed E-state index contributed by atoms with van der Waals surface area (Å²) in [6, 6.07) is 8.39. The first-order valence-electron chi connectivity index (χ1n) is 7.52. The molecule has 0 aromatic heterocycles. The van der Waals surface area contributed by atoms with E-state index in [1.165, 1.54) is 0 Å². The van der Waals surface area contributed by atoms with E-state index >= 15 is 0 Å². The van der Waals surface area contributed by atoms with E-state index in [1.807, 2.05) is 39.0 Å². The van der Waals surface area contributed by atoms with Gasteiger partial charge in [0.05, 0.1) is 24.0 Å². The molecule has 2 heterocycles. The molecule has 0 aliphatic carbocycles. The highest BCUT2D eigenvalue weighted by atomic mass is 16.6. The molecule has 1 unspecified atom stereocenters. The lowest BCUT2D eigenvalue weighted by Crippen LogP contribution is -2.60. The summed E-state index contributed by atoms with van der Waals surface area (Å²) in [5.74, 6) is 0. The average molecular weight is 289 g/mol. The molecule has 1 aromatic rings. The van der Waals surface area contributed by atoms with Crippen LogP contribution < -0.4 is 15.1 Å². The van der Waals surface area contributed by atoms with E-state index in [4.69, 9.17) is 4.74 Å². The first-order chi connectivity index (χ1) is 9.96. The summed E-state index contributed by atoms with van der Waals surface area (Å²) in [5.41, 5.74) is 1.60. The number of nitrogens with one attached hydrogen (secondary N) is 1. The average Bonchev–Trinajstić information content (AvgIpc) is 2.44. The molecule has 21 heavy (non-hydrogen) atoms. The molecule has 0 bridgehead atoms. The maximum Gasteiger partial charge on any atom is 0.414 e. The summed E-state index contributed by atoms with van der Waals surface area (Å²) in [7, 11) is 0. The Morgan fingerprint density at radius 1 is 1.29 bits per heavy atom. The van der Waals surface area contributed by atoms with Crippen LogP contribution in [0.3, 0.4) is 0 Å². The summed E-state index contributed by atoms with van der Waals surface area (Å²) in [6.45, 7) is 9.22. The molecule has 0 spiro atoms. The molecule has 1 fully saturated rings. The van der Waals surface area contributed by atoms with E-state index in [2.05, 4.69) is 16.3 Å². The van der Waals surface area contributed by atoms with Crippen LogP contribution in [-0.4, -0.2) is 43.9 Å². The van der Waals surface area contributed by atoms with Gasteiger partial charge in [-0.2, -0.15) is 0 Å². The summed E-state index contributed by atoms with van der Waals surface area (Å²) in [4.78, 5) is 16.7. The summed E-state index contributed by atoms with van der Waals surface area (Å²) in [5, 5.41) is 3.40. The smallest absolute Gasteiger partial charge is 0.414 e. The number of fused-ring (bicyclic) bond motifs is 3. The molecule has 1 amide bonds. The highest BCUT2D eigenvalue weighted by Gasteiger charge is 2.36. The zero-order chi connectivity index (χ0) is 15.0. The maximum atomic E-state index is 12.5. The third kappa shape index (κ3) is 2.83. The van der Waals surface area contributed by atoms with Gasteiger partial charge in [0, 0.05) is 19.6 Å². The largest absolute Gasteiger partial charge is 0.443 e. The van der Waals surface area contributed by atoms with Gasteiger partial charge in [0.2, 0.25) is 0 Å². The Kier molecular flexibility index (Phi) is 3.53. The summed E-state index contributed by atoms with van der Waals surface area (Å²) in [6.07, 6.45) is -0.264. The van der Waals surface area contributed by atoms with Crippen LogP contribution in [0.2, 0.25) is 0 Å². The van der Waals surface area contributed by atoms with Gasteiger partial charge >= 0.3 is 6.09 Å². The second-order valence-corrected chi connectivity index (χ2v) is 6.63. The van der Waals surface area contributed by atoms with Crippen LogP contribution in [0.5, 0.6) is 0 Å². The molecular weight excluding hydrogens is 266 g/mol. The van der Waals surface area contributed by atoms with Crippen molar-refractivity contribution < 1.29 is 9.53 Å². The van der Waals surface area contributed by atoms with E-state index < -0.39 is 5.60 Å². The molecule has 2 aliphatic heterocycles. The number of amides is 1. The van der Waals surface area contributed by atoms with Gasteiger partial charge in [0.15, 0.2) is 0 Å². The van der Waals surface area contributed by atoms with Crippen LogP contribution in [0.25, 0.3) is 0 Å². The normalized spacial score (nSPS) is 21.6. The Morgan fingerprint density at radius 3 is 2.71 bits per heavy atom. The molecule has 1 N–H and O–H groups in total. The van der Waals surface area contributed by atoms with E-state index in [0.29, 0.717) is 12.6 Å². The third-order valence-electron chi connectivity index (χ3n) is 3.84. The maximum absolute atomic E-state index is 12.5. The van der Waals surface area contributed by atoms with Gasteiger partial charge in [0.1, 0.15) is 5.60 Å². The highest BCUT2D eigenvalue weighted by molar-refractivity contribution is 5.94. The molecule has 5 nitrogen and oxygen atoms in total. The van der Waals surface area contributed by atoms with Crippen molar-refractivity contribution in [3.8, 4) is 0 Å². The van der Waals surface area contributed by atoms with Crippen molar-refractivity contribution in [1.29, 1.82) is 0 Å². The van der Waals surface area contributed by atoms with Crippen molar-refractivity contribution in [2.24, 2.45) is 0 Å². The van der Waals surface area contributed by atoms with Gasteiger partial charge in [-0.05, 0) is 32.9 Å². The molecule has 0 saturated carbocycles. The fraction of sp³-hybridized carbons (Fsp3) is 0.562. The van der Waals surface area contributed by atoms with Crippen molar-refractivity contribution in [2.75, 3.05) is 36.0 Å². The van der Waals surface area contributed by atoms with Crippen LogP contribution in [-0.2, 0) is 4.74 Å². The van der Waals surface area contributed by atoms with Crippen LogP contribution in [0.1, 0.15) is 20.8 Å². The fourth-order valence-electron chi connectivity index (χ4n) is 2.98. The van der Waals surface area contributed by atoms with Crippen molar-refractivity contribution in [1.82, 2.24) is 5.32 Å². The second-order valence-electron chi connectivity index (χ2n) is 6.63. The number of benzene rings is 1. The van der Waals surface area contributed by atoms with Crippen molar-refractivity contribution >= 4 is 17.5 Å². The number of ether oxygens (including phenoxy) is 1. The number of rotatable bonds is 0. The Morgan fingerprint density at radius 2 is 2.00 bits per heavy atom. The van der Waals surface area contributed by atoms with Gasteiger partial charge in [-0.15, -0.1) is 0 Å². The minimum atomic E-state index is -0.478. The molecule has 0 radical (unpaired) electrons. The molecule has 1 aromatic carbocycles. The molecule has 114 valence electrons. The Bertz CT molecular complexity index is 539. The fourth-order valence-corrected chi connectivity index (χ4v) is 2.98. The minimum absolute atomic E-state index is 0.264. The number of nitrogens with zero attached hydrogens (tertiary/aromatic N) is 2. The number of hydrogen-bond donors (Lipinski definition) is 1. The predicted octanol–water partition coefficient (Wildman–Crippen LogP) is 2.22. The van der Waals surface area contributed by atoms with Crippen molar-refractivity contribution in [3.05, 3.63) is 24.3 Å². The quantitative estimate of drug-likeness (QED) is 0.795. The summed E-state index contributed by atoms with van der Waals surface area (Å²) < 4.78 is 5.56. The van der Waals surface area contributed by atoms with E-state index in [-0.39, 0.29) is 6.09 Å². The second kappa shape index (κ2) is 5.22. The molecular formula is C16H23N3O2. The summed E-state index contributed by atoms with van der Waals surface area (Å²) >= 11 is 0. The van der Waals surface area contributed by atoms with E-state index in [0.717, 1.165) is 31.0 Å². The van der Waals surface area contributed by atoms with Gasteiger partial charge in [-0.25, -0.2) is 4.79 Å². The SMILES string of the molecule is CC(C)(C)OC(=O)N1CC2CNCCN2c2ccccc21. The lowest BCUT2D eigenvalue weighted by molar-refractivity contribution is 0.0575. The Hall–Kier alpha value is -1.75. The van der Waals surface area contributed by atoms with Crippen molar-refractivity contribution in [2.45, 2.75) is 32.4 Å². The first kappa shape index (κ1) is 14.2. The van der Waals surface area contributed by atoms with E-state index in [9.17, 15) is 4.79 Å². The Balaban J connectivity index is 1.92. The number of hydrogen-bond acceptors (Lipinski definition) is 4. The molecule has 1 atom stereocenters.